The van der Waals surface area contributed by atoms with E-state index in [0.717, 1.165) is 177 Å². The van der Waals surface area contributed by atoms with Gasteiger partial charge in [-0.15, -0.1) is 0 Å². The summed E-state index contributed by atoms with van der Waals surface area (Å²) in [5.41, 5.74) is 12.8. The van der Waals surface area contributed by atoms with Crippen LogP contribution in [-0.2, 0) is 47.9 Å². The first-order valence-corrected chi connectivity index (χ1v) is 48.3. The van der Waals surface area contributed by atoms with Crippen molar-refractivity contribution in [3.63, 3.8) is 0 Å². The molecule has 720 valence electrons. The summed E-state index contributed by atoms with van der Waals surface area (Å²) in [5, 5.41) is 3.94. The summed E-state index contributed by atoms with van der Waals surface area (Å²) < 4.78 is 0. The normalized spacial score (nSPS) is 20.7. The zero-order valence-corrected chi connectivity index (χ0v) is 82.3. The number of allylic oxidation sites excluding steroid dienone is 22. The Bertz CT molecular complexity index is 6160. The molecule has 0 amide bonds. The van der Waals surface area contributed by atoms with Crippen LogP contribution in [0.2, 0.25) is 0 Å². The molecule has 0 aliphatic heterocycles. The first-order valence-electron chi connectivity index (χ1n) is 48.3. The fourth-order valence-electron chi connectivity index (χ4n) is 16.6. The lowest BCUT2D eigenvalue weighted by Crippen LogP contribution is -2.27. The van der Waals surface area contributed by atoms with Crippen LogP contribution in [0, 0.1) is 35.5 Å². The van der Waals surface area contributed by atoms with E-state index in [1.807, 2.05) is 114 Å². The summed E-state index contributed by atoms with van der Waals surface area (Å²) in [6.45, 7) is 45.2. The maximum atomic E-state index is 12.2. The molecule has 0 heterocycles. The molecule has 12 aliphatic rings. The highest BCUT2D eigenvalue weighted by atomic mass is 16.2. The van der Waals surface area contributed by atoms with E-state index in [4.69, 9.17) is 0 Å². The highest BCUT2D eigenvalue weighted by Gasteiger charge is 2.36. The van der Waals surface area contributed by atoms with Crippen molar-refractivity contribution in [3.8, 4) is 0 Å². The molecule has 0 aromatic heterocycles. The Morgan fingerprint density at radius 2 is 0.609 bits per heavy atom. The molecule has 0 saturated heterocycles. The van der Waals surface area contributed by atoms with Crippen LogP contribution in [0.25, 0.3) is 21.5 Å². The molecular weight excluding hydrogens is 1730 g/mol. The summed E-state index contributed by atoms with van der Waals surface area (Å²) in [6, 6.07) is 36.6. The molecule has 6 aromatic rings. The smallest absolute Gasteiger partial charge is 0.189 e. The van der Waals surface area contributed by atoms with Crippen molar-refractivity contribution in [2.24, 2.45) is 35.5 Å². The van der Waals surface area contributed by atoms with Gasteiger partial charge in [-0.1, -0.05) is 244 Å². The van der Waals surface area contributed by atoms with Crippen LogP contribution in [0.5, 0.6) is 0 Å². The summed E-state index contributed by atoms with van der Waals surface area (Å²) in [5.74, 6) is 1.43. The zero-order valence-electron chi connectivity index (χ0n) is 82.3. The number of carbonyl (C=O) groups is 18. The van der Waals surface area contributed by atoms with E-state index in [1.54, 1.807) is 75.4 Å². The minimum atomic E-state index is -0.411. The van der Waals surface area contributed by atoms with Crippen molar-refractivity contribution in [2.75, 3.05) is 0 Å². The zero-order chi connectivity index (χ0) is 102. The van der Waals surface area contributed by atoms with Crippen LogP contribution in [-0.4, -0.2) is 104 Å². The van der Waals surface area contributed by atoms with Crippen molar-refractivity contribution in [1.82, 2.24) is 0 Å². The van der Waals surface area contributed by atoms with Gasteiger partial charge in [-0.2, -0.15) is 0 Å². The van der Waals surface area contributed by atoms with Gasteiger partial charge >= 0.3 is 0 Å². The molecule has 12 aliphatic carbocycles. The number of fused-ring (bicyclic) bond motifs is 6. The third kappa shape index (κ3) is 30.4. The average molecular weight is 1860 g/mol. The van der Waals surface area contributed by atoms with E-state index in [9.17, 15) is 86.3 Å². The molecule has 0 radical (unpaired) electrons. The largest absolute Gasteiger partial charge is 0.295 e. The van der Waals surface area contributed by atoms with E-state index in [2.05, 4.69) is 72.4 Å². The lowest BCUT2D eigenvalue weighted by Gasteiger charge is -2.22. The molecule has 6 aromatic carbocycles. The molecule has 18 heteroatoms. The third-order valence-electron chi connectivity index (χ3n) is 26.3. The van der Waals surface area contributed by atoms with Crippen LogP contribution < -0.4 is 0 Å². The molecular formula is C120H132O18. The number of Topliss-reactive ketones (excluding diaryl/α,β-unsaturated/α-hetero) is 12. The lowest BCUT2D eigenvalue weighted by molar-refractivity contribution is -0.120. The molecule has 3 saturated carbocycles. The summed E-state index contributed by atoms with van der Waals surface area (Å²) in [7, 11) is 0. The maximum Gasteiger partial charge on any atom is 0.189 e. The molecule has 18 nitrogen and oxygen atoms in total. The average Bonchev–Trinajstić information content (AvgIpc) is 1.38. The first-order chi connectivity index (χ1) is 65.7. The van der Waals surface area contributed by atoms with E-state index in [1.165, 1.54) is 55.4 Å². The van der Waals surface area contributed by atoms with Crippen LogP contribution in [0.15, 0.2) is 288 Å². The Labute approximate surface area is 812 Å². The second-order valence-electron chi connectivity index (χ2n) is 35.8. The van der Waals surface area contributed by atoms with Crippen molar-refractivity contribution in [3.05, 3.63) is 333 Å². The van der Waals surface area contributed by atoms with Gasteiger partial charge in [0.15, 0.2) is 104 Å². The summed E-state index contributed by atoms with van der Waals surface area (Å²) in [6.07, 6.45) is 37.9. The predicted octanol–water partition coefficient (Wildman–Crippen LogP) is 25.6. The Morgan fingerprint density at radius 1 is 0.254 bits per heavy atom. The molecule has 18 rings (SSSR count). The number of benzene rings is 6. The van der Waals surface area contributed by atoms with Crippen LogP contribution in [0.4, 0.5) is 0 Å². The van der Waals surface area contributed by atoms with Gasteiger partial charge in [0.05, 0.1) is 0 Å². The Morgan fingerprint density at radius 3 is 1.07 bits per heavy atom. The SMILES string of the molecule is C=C1C(=O)C=CC(=O)C1C.C=C1C(=O)CCC1C.C=C1C(=O)CCCC1C.C=C1C(=O)CCCCC1C.C=C1C(=O)c2cc3ccccc3cc2C(=O)C1C.C=C1C(=O)c2ccccc2C(=O)C1C.CCC1=CC(=O)C=CC1=O.CCC1=CC(=O)c2cc3ccccc3cc2C1=O.CCC1=CC(=O)c2ccccc2C1=O.CCC1=CCCC1=O.CCC1=CCCCC1=O.CCC1=CCCCCC1=O. The summed E-state index contributed by atoms with van der Waals surface area (Å²) in [4.78, 5) is 204. The number of carbonyl (C=O) groups excluding carboxylic acids is 18. The van der Waals surface area contributed by atoms with Gasteiger partial charge in [0.1, 0.15) is 0 Å². The van der Waals surface area contributed by atoms with Gasteiger partial charge in [0.25, 0.3) is 0 Å². The van der Waals surface area contributed by atoms with Gasteiger partial charge in [-0.05, 0) is 249 Å². The Kier molecular flexibility index (Phi) is 43.8. The fourth-order valence-corrected chi connectivity index (χ4v) is 16.6. The maximum absolute atomic E-state index is 12.2. The molecule has 3 fully saturated rings. The van der Waals surface area contributed by atoms with Gasteiger partial charge in [-0.25, -0.2) is 0 Å². The molecule has 0 bridgehead atoms. The van der Waals surface area contributed by atoms with Gasteiger partial charge < -0.3 is 0 Å². The third-order valence-corrected chi connectivity index (χ3v) is 26.3. The quantitative estimate of drug-likeness (QED) is 0.0849. The molecule has 0 N–H and O–H groups in total. The molecule has 138 heavy (non-hydrogen) atoms. The molecule has 6 atom stereocenters. The number of rotatable bonds is 6. The standard InChI is InChI=1S/2C16H12O2.2C12H10O2.2C9H14O.2C8H8O2.2C8H12O.2C7H10O/c1-9-10(2)16(18)14-8-12-6-4-3-5-11(12)7-13(14)15(9)17;1-2-10-9-15(17)13-7-11-5-3-4-6-12(11)8-14(13)16(10)18;1-7-8(2)12(14)10-6-4-3-5-9(10)11(7)13;1-2-8-7-11(13)9-5-3-4-6-10(9)12(8)14;1-7-5-3-4-6-9(10)8(7)2;1-2-8-6-4-3-5-7-9(8)10;1-5-6(2)8(10)4-3-7(5)9;1-2-6-5-7(9)3-4-8(6)10;1-6-4-3-5-8(9)7(6)2;1-2-7-5-3-4-6-8(7)9;1-5-3-4-7(8)6(5)2;1-2-6-4-3-5-7(6)8/h3-8,10H,1H2,2H3;3-9H,2H2,1H3;3-6,8H,1H2,2H3;3-7H,2H2,1H3;7H,2-6H2,1H3;6H,2-5,7H2,1H3;3-4,6H,1H2,2H3;3-5H,2H2,1H3;6H,2-5H2,1H3;5H,2-4,6H2,1H3;5H,2-4H2,1H3;4H,2-3,5H2,1H3. The van der Waals surface area contributed by atoms with Crippen molar-refractivity contribution >= 4 is 126 Å². The molecule has 0 spiro atoms. The fraction of sp³-hybridized carbons (Fsp3) is 0.350. The monoisotopic (exact) mass is 1860 g/mol. The van der Waals surface area contributed by atoms with E-state index < -0.39 is 5.92 Å². The van der Waals surface area contributed by atoms with E-state index in [-0.39, 0.29) is 98.6 Å². The van der Waals surface area contributed by atoms with Crippen molar-refractivity contribution in [2.45, 2.75) is 237 Å². The molecule has 6 unspecified atom stereocenters. The minimum Gasteiger partial charge on any atom is -0.295 e. The van der Waals surface area contributed by atoms with Crippen LogP contribution in [0.1, 0.15) is 320 Å². The Balaban J connectivity index is 0.000000207. The van der Waals surface area contributed by atoms with Gasteiger partial charge in [-0.3, -0.25) is 86.3 Å². The van der Waals surface area contributed by atoms with Gasteiger partial charge in [0, 0.05) is 134 Å². The predicted molar refractivity (Wildman–Crippen MR) is 547 cm³/mol. The topological polar surface area (TPSA) is 307 Å². The summed E-state index contributed by atoms with van der Waals surface area (Å²) >= 11 is 0. The van der Waals surface area contributed by atoms with E-state index >= 15 is 0 Å². The Hall–Kier alpha value is -13.7. The second-order valence-corrected chi connectivity index (χ2v) is 35.8. The highest BCUT2D eigenvalue weighted by molar-refractivity contribution is 6.28. The second kappa shape index (κ2) is 54.3. The number of hydrogen-bond acceptors (Lipinski definition) is 18. The van der Waals surface area contributed by atoms with Crippen molar-refractivity contribution in [1.29, 1.82) is 0 Å². The van der Waals surface area contributed by atoms with E-state index in [0.29, 0.717) is 132 Å². The van der Waals surface area contributed by atoms with Crippen LogP contribution in [0.3, 0.4) is 0 Å². The highest BCUT2D eigenvalue weighted by Crippen LogP contribution is 2.35. The number of hydrogen-bond donors (Lipinski definition) is 0. The van der Waals surface area contributed by atoms with Crippen LogP contribution >= 0.6 is 0 Å². The minimum absolute atomic E-state index is 0.00907. The first kappa shape index (κ1) is 111. The van der Waals surface area contributed by atoms with Gasteiger partial charge in [0.2, 0.25) is 0 Å². The number of ketones is 18. The lowest BCUT2D eigenvalue weighted by atomic mass is 9.79. The van der Waals surface area contributed by atoms with Crippen molar-refractivity contribution < 1.29 is 86.3 Å².